The molecule has 0 atom stereocenters. The normalized spacial score (nSPS) is 11.0. The first kappa shape index (κ1) is 17.0. The Labute approximate surface area is 126 Å². The first-order valence-electron chi connectivity index (χ1n) is 6.45. The fourth-order valence-electron chi connectivity index (χ4n) is 1.72. The van der Waals surface area contributed by atoms with Crippen LogP contribution in [-0.4, -0.2) is 31.0 Å². The zero-order valence-electron chi connectivity index (χ0n) is 11.6. The summed E-state index contributed by atoms with van der Waals surface area (Å²) >= 11 is 3.23. The highest BCUT2D eigenvalue weighted by Gasteiger charge is 2.14. The van der Waals surface area contributed by atoms with Crippen LogP contribution in [0.4, 0.5) is 5.69 Å². The molecule has 1 aromatic rings. The van der Waals surface area contributed by atoms with Gasteiger partial charge in [0.1, 0.15) is 0 Å². The van der Waals surface area contributed by atoms with E-state index in [1.54, 1.807) is 12.1 Å². The smallest absolute Gasteiger partial charge is 0.275 e. The minimum Gasteiger partial charge on any atom is -0.352 e. The molecular weight excluding hydrogens is 328 g/mol. The van der Waals surface area contributed by atoms with Crippen LogP contribution in [0.2, 0.25) is 0 Å². The molecule has 0 aromatic heterocycles. The quantitative estimate of drug-likeness (QED) is 0.422. The molecule has 0 heterocycles. The zero-order chi connectivity index (χ0) is 15.0. The number of benzene rings is 1. The molecule has 1 rings (SSSR count). The Morgan fingerprint density at radius 3 is 2.55 bits per heavy atom. The van der Waals surface area contributed by atoms with Gasteiger partial charge in [-0.2, -0.15) is 0 Å². The molecule has 0 aliphatic carbocycles. The van der Waals surface area contributed by atoms with E-state index >= 15 is 0 Å². The highest BCUT2D eigenvalue weighted by Crippen LogP contribution is 2.23. The summed E-state index contributed by atoms with van der Waals surface area (Å²) in [7, 11) is 0. The SMILES string of the molecule is CCOC(CNCc1ccc(Br)cc1[N+](=O)[O-])OCC. The van der Waals surface area contributed by atoms with Gasteiger partial charge in [-0.15, -0.1) is 0 Å². The maximum absolute atomic E-state index is 11.0. The van der Waals surface area contributed by atoms with Gasteiger partial charge in [0, 0.05) is 42.4 Å². The highest BCUT2D eigenvalue weighted by atomic mass is 79.9. The fraction of sp³-hybridized carbons (Fsp3) is 0.538. The standard InChI is InChI=1S/C13H19BrN2O4/c1-3-19-13(20-4-2)9-15-8-10-5-6-11(14)7-12(10)16(17)18/h5-7,13,15H,3-4,8-9H2,1-2H3. The lowest BCUT2D eigenvalue weighted by Gasteiger charge is -2.17. The number of nitro benzene ring substituents is 1. The lowest BCUT2D eigenvalue weighted by Crippen LogP contribution is -2.31. The number of ether oxygens (including phenoxy) is 2. The van der Waals surface area contributed by atoms with Crippen molar-refractivity contribution in [3.05, 3.63) is 38.3 Å². The number of nitro groups is 1. The minimum atomic E-state index is -0.385. The molecular formula is C13H19BrN2O4. The van der Waals surface area contributed by atoms with E-state index in [2.05, 4.69) is 21.2 Å². The summed E-state index contributed by atoms with van der Waals surface area (Å²) in [6.07, 6.45) is -0.334. The second-order valence-corrected chi connectivity index (χ2v) is 4.92. The van der Waals surface area contributed by atoms with Crippen molar-refractivity contribution in [2.75, 3.05) is 19.8 Å². The Kier molecular flexibility index (Phi) is 7.68. The Hall–Kier alpha value is -1.02. The van der Waals surface area contributed by atoms with Crippen molar-refractivity contribution in [3.63, 3.8) is 0 Å². The van der Waals surface area contributed by atoms with Crippen molar-refractivity contribution in [3.8, 4) is 0 Å². The molecule has 1 aromatic carbocycles. The summed E-state index contributed by atoms with van der Waals surface area (Å²) in [5.74, 6) is 0. The molecule has 1 N–H and O–H groups in total. The monoisotopic (exact) mass is 346 g/mol. The summed E-state index contributed by atoms with van der Waals surface area (Å²) < 4.78 is 11.5. The predicted octanol–water partition coefficient (Wildman–Crippen LogP) is 2.85. The van der Waals surface area contributed by atoms with Crippen molar-refractivity contribution in [2.24, 2.45) is 0 Å². The maximum Gasteiger partial charge on any atom is 0.275 e. The van der Waals surface area contributed by atoms with E-state index in [-0.39, 0.29) is 16.9 Å². The van der Waals surface area contributed by atoms with Crippen molar-refractivity contribution in [1.82, 2.24) is 5.32 Å². The van der Waals surface area contributed by atoms with Gasteiger partial charge >= 0.3 is 0 Å². The van der Waals surface area contributed by atoms with Gasteiger partial charge in [0.15, 0.2) is 6.29 Å². The molecule has 20 heavy (non-hydrogen) atoms. The zero-order valence-corrected chi connectivity index (χ0v) is 13.2. The number of hydrogen-bond acceptors (Lipinski definition) is 5. The Balaban J connectivity index is 2.58. The van der Waals surface area contributed by atoms with Crippen LogP contribution < -0.4 is 5.32 Å². The third-order valence-electron chi connectivity index (χ3n) is 2.58. The Morgan fingerprint density at radius 2 is 2.00 bits per heavy atom. The van der Waals surface area contributed by atoms with E-state index in [0.29, 0.717) is 36.3 Å². The van der Waals surface area contributed by atoms with Crippen molar-refractivity contribution in [2.45, 2.75) is 26.7 Å². The van der Waals surface area contributed by atoms with E-state index in [1.165, 1.54) is 6.07 Å². The van der Waals surface area contributed by atoms with E-state index in [0.717, 1.165) is 0 Å². The molecule has 0 fully saturated rings. The summed E-state index contributed by atoms with van der Waals surface area (Å²) in [4.78, 5) is 10.6. The first-order valence-corrected chi connectivity index (χ1v) is 7.24. The average Bonchev–Trinajstić information content (AvgIpc) is 2.40. The summed E-state index contributed by atoms with van der Waals surface area (Å²) in [5.41, 5.74) is 0.723. The van der Waals surface area contributed by atoms with Crippen molar-refractivity contribution in [1.29, 1.82) is 0 Å². The number of rotatable bonds is 9. The van der Waals surface area contributed by atoms with Gasteiger partial charge in [0.2, 0.25) is 0 Å². The van der Waals surface area contributed by atoms with Gasteiger partial charge in [-0.05, 0) is 26.0 Å². The van der Waals surface area contributed by atoms with E-state index in [4.69, 9.17) is 9.47 Å². The van der Waals surface area contributed by atoms with Crippen LogP contribution in [0.1, 0.15) is 19.4 Å². The second-order valence-electron chi connectivity index (χ2n) is 4.00. The topological polar surface area (TPSA) is 73.6 Å². The second kappa shape index (κ2) is 9.02. The first-order chi connectivity index (χ1) is 9.58. The Morgan fingerprint density at radius 1 is 1.35 bits per heavy atom. The molecule has 0 radical (unpaired) electrons. The lowest BCUT2D eigenvalue weighted by molar-refractivity contribution is -0.385. The highest BCUT2D eigenvalue weighted by molar-refractivity contribution is 9.10. The molecule has 7 heteroatoms. The third kappa shape index (κ3) is 5.54. The van der Waals surface area contributed by atoms with Crippen molar-refractivity contribution >= 4 is 21.6 Å². The molecule has 0 aliphatic heterocycles. The third-order valence-corrected chi connectivity index (χ3v) is 3.07. The molecule has 0 bridgehead atoms. The van der Waals surface area contributed by atoms with Crippen LogP contribution in [0.3, 0.4) is 0 Å². The average molecular weight is 347 g/mol. The van der Waals surface area contributed by atoms with Gasteiger partial charge in [-0.1, -0.05) is 15.9 Å². The predicted molar refractivity (Wildman–Crippen MR) is 79.5 cm³/mol. The fourth-order valence-corrected chi connectivity index (χ4v) is 2.07. The lowest BCUT2D eigenvalue weighted by atomic mass is 10.2. The van der Waals surface area contributed by atoms with Crippen LogP contribution in [0.15, 0.2) is 22.7 Å². The molecule has 0 aliphatic rings. The summed E-state index contributed by atoms with van der Waals surface area (Å²) in [5, 5.41) is 14.1. The maximum atomic E-state index is 11.0. The molecule has 112 valence electrons. The number of hydrogen-bond donors (Lipinski definition) is 1. The number of halogens is 1. The summed E-state index contributed by atoms with van der Waals surface area (Å²) in [6.45, 7) is 5.78. The van der Waals surface area contributed by atoms with Gasteiger partial charge in [0.25, 0.3) is 5.69 Å². The van der Waals surface area contributed by atoms with Crippen molar-refractivity contribution < 1.29 is 14.4 Å². The summed E-state index contributed by atoms with van der Waals surface area (Å²) in [6, 6.07) is 5.01. The van der Waals surface area contributed by atoms with Gasteiger partial charge in [0.05, 0.1) is 4.92 Å². The van der Waals surface area contributed by atoms with Crippen LogP contribution in [0.5, 0.6) is 0 Å². The number of nitrogens with one attached hydrogen (secondary N) is 1. The van der Waals surface area contributed by atoms with E-state index in [9.17, 15) is 10.1 Å². The molecule has 0 amide bonds. The minimum absolute atomic E-state index is 0.0937. The molecule has 0 spiro atoms. The van der Waals surface area contributed by atoms with E-state index in [1.807, 2.05) is 13.8 Å². The molecule has 6 nitrogen and oxygen atoms in total. The largest absolute Gasteiger partial charge is 0.352 e. The van der Waals surface area contributed by atoms with Crippen LogP contribution in [-0.2, 0) is 16.0 Å². The number of nitrogens with zero attached hydrogens (tertiary/aromatic N) is 1. The van der Waals surface area contributed by atoms with Gasteiger partial charge in [-0.25, -0.2) is 0 Å². The van der Waals surface area contributed by atoms with Gasteiger partial charge < -0.3 is 14.8 Å². The molecule has 0 saturated carbocycles. The molecule has 0 saturated heterocycles. The Bertz CT molecular complexity index is 436. The van der Waals surface area contributed by atoms with E-state index < -0.39 is 0 Å². The van der Waals surface area contributed by atoms with Crippen LogP contribution in [0, 0.1) is 10.1 Å². The van der Waals surface area contributed by atoms with Crippen LogP contribution in [0.25, 0.3) is 0 Å². The molecule has 0 unspecified atom stereocenters. The van der Waals surface area contributed by atoms with Gasteiger partial charge in [-0.3, -0.25) is 10.1 Å². The van der Waals surface area contributed by atoms with Crippen LogP contribution >= 0.6 is 15.9 Å².